The maximum Gasteiger partial charge on any atom is 0.308 e. The highest BCUT2D eigenvalue weighted by Gasteiger charge is 2.28. The van der Waals surface area contributed by atoms with E-state index in [9.17, 15) is 9.59 Å². The third kappa shape index (κ3) is 3.95. The molecule has 22 heavy (non-hydrogen) atoms. The summed E-state index contributed by atoms with van der Waals surface area (Å²) >= 11 is 0. The highest BCUT2D eigenvalue weighted by molar-refractivity contribution is 5.80. The Bertz CT molecular complexity index is 568. The summed E-state index contributed by atoms with van der Waals surface area (Å²) in [5.41, 5.74) is 1.98. The van der Waals surface area contributed by atoms with Crippen LogP contribution < -0.4 is 0 Å². The van der Waals surface area contributed by atoms with Gasteiger partial charge < -0.3 is 14.4 Å². The van der Waals surface area contributed by atoms with Gasteiger partial charge in [-0.05, 0) is 24.1 Å². The number of nitrogens with zero attached hydrogens (tertiary/aromatic N) is 1. The zero-order valence-corrected chi connectivity index (χ0v) is 13.0. The molecular formula is C17H21NO4. The Labute approximate surface area is 130 Å². The SMILES string of the molecule is CCOCCOC(=O)CC1c2ccccc2C=CN1C(C)=O. The van der Waals surface area contributed by atoms with E-state index in [0.717, 1.165) is 11.1 Å². The summed E-state index contributed by atoms with van der Waals surface area (Å²) in [6.07, 6.45) is 3.74. The lowest BCUT2D eigenvalue weighted by atomic mass is 9.94. The molecule has 5 heteroatoms. The van der Waals surface area contributed by atoms with E-state index in [0.29, 0.717) is 13.2 Å². The maximum atomic E-state index is 12.0. The van der Waals surface area contributed by atoms with Crippen LogP contribution in [0.15, 0.2) is 30.5 Å². The van der Waals surface area contributed by atoms with Crippen LogP contribution in [0, 0.1) is 0 Å². The molecule has 1 amide bonds. The molecule has 1 heterocycles. The first-order valence-electron chi connectivity index (χ1n) is 7.43. The van der Waals surface area contributed by atoms with Crippen molar-refractivity contribution < 1.29 is 19.1 Å². The van der Waals surface area contributed by atoms with Gasteiger partial charge in [-0.15, -0.1) is 0 Å². The average Bonchev–Trinajstić information content (AvgIpc) is 2.51. The molecule has 2 rings (SSSR count). The lowest BCUT2D eigenvalue weighted by Gasteiger charge is -2.32. The van der Waals surface area contributed by atoms with Gasteiger partial charge in [0.2, 0.25) is 5.91 Å². The number of fused-ring (bicyclic) bond motifs is 1. The second-order valence-corrected chi connectivity index (χ2v) is 5.01. The van der Waals surface area contributed by atoms with E-state index in [4.69, 9.17) is 9.47 Å². The lowest BCUT2D eigenvalue weighted by molar-refractivity contribution is -0.147. The molecule has 0 spiro atoms. The van der Waals surface area contributed by atoms with E-state index in [1.54, 1.807) is 11.1 Å². The molecule has 1 aliphatic rings. The summed E-state index contributed by atoms with van der Waals surface area (Å²) in [5, 5.41) is 0. The molecule has 0 saturated heterocycles. The Morgan fingerprint density at radius 2 is 2.00 bits per heavy atom. The van der Waals surface area contributed by atoms with Crippen molar-refractivity contribution in [1.82, 2.24) is 4.90 Å². The molecule has 1 aromatic rings. The molecule has 1 unspecified atom stereocenters. The molecule has 1 atom stereocenters. The number of carbonyl (C=O) groups is 2. The summed E-state index contributed by atoms with van der Waals surface area (Å²) in [6.45, 7) is 4.59. The summed E-state index contributed by atoms with van der Waals surface area (Å²) in [4.78, 5) is 25.4. The van der Waals surface area contributed by atoms with Gasteiger partial charge in [-0.3, -0.25) is 9.59 Å². The molecule has 0 radical (unpaired) electrons. The minimum Gasteiger partial charge on any atom is -0.463 e. The number of carbonyl (C=O) groups excluding carboxylic acids is 2. The largest absolute Gasteiger partial charge is 0.463 e. The molecule has 0 fully saturated rings. The van der Waals surface area contributed by atoms with Crippen molar-refractivity contribution in [2.45, 2.75) is 26.3 Å². The second-order valence-electron chi connectivity index (χ2n) is 5.01. The molecule has 5 nitrogen and oxygen atoms in total. The van der Waals surface area contributed by atoms with Gasteiger partial charge in [0.05, 0.1) is 19.1 Å². The normalized spacial score (nSPS) is 16.3. The van der Waals surface area contributed by atoms with Crippen LogP contribution in [0.25, 0.3) is 6.08 Å². The Morgan fingerprint density at radius 1 is 1.23 bits per heavy atom. The van der Waals surface area contributed by atoms with Crippen molar-refractivity contribution in [3.63, 3.8) is 0 Å². The van der Waals surface area contributed by atoms with Gasteiger partial charge in [0.15, 0.2) is 0 Å². The van der Waals surface area contributed by atoms with Crippen LogP contribution in [-0.4, -0.2) is 36.6 Å². The Hall–Kier alpha value is -2.14. The number of rotatable bonds is 6. The molecule has 118 valence electrons. The fraction of sp³-hybridized carbons (Fsp3) is 0.412. The highest BCUT2D eigenvalue weighted by Crippen LogP contribution is 2.32. The van der Waals surface area contributed by atoms with Gasteiger partial charge >= 0.3 is 5.97 Å². The van der Waals surface area contributed by atoms with Crippen LogP contribution >= 0.6 is 0 Å². The van der Waals surface area contributed by atoms with Crippen LogP contribution in [0.3, 0.4) is 0 Å². The monoisotopic (exact) mass is 303 g/mol. The van der Waals surface area contributed by atoms with Crippen LogP contribution in [0.5, 0.6) is 0 Å². The third-order valence-electron chi connectivity index (χ3n) is 3.52. The minimum atomic E-state index is -0.332. The van der Waals surface area contributed by atoms with Crippen molar-refractivity contribution in [2.24, 2.45) is 0 Å². The highest BCUT2D eigenvalue weighted by atomic mass is 16.6. The van der Waals surface area contributed by atoms with Crippen molar-refractivity contribution >= 4 is 18.0 Å². The topological polar surface area (TPSA) is 55.8 Å². The number of benzene rings is 1. The third-order valence-corrected chi connectivity index (χ3v) is 3.52. The lowest BCUT2D eigenvalue weighted by Crippen LogP contribution is -2.32. The van der Waals surface area contributed by atoms with Crippen molar-refractivity contribution in [3.05, 3.63) is 41.6 Å². The van der Waals surface area contributed by atoms with Gasteiger partial charge in [0.25, 0.3) is 0 Å². The summed E-state index contributed by atoms with van der Waals surface area (Å²) in [5.74, 6) is -0.432. The fourth-order valence-corrected chi connectivity index (χ4v) is 2.49. The van der Waals surface area contributed by atoms with Gasteiger partial charge in [-0.2, -0.15) is 0 Å². The molecule has 0 saturated carbocycles. The standard InChI is InChI=1S/C17H21NO4/c1-3-21-10-11-22-17(20)12-16-15-7-5-4-6-14(15)8-9-18(16)13(2)19/h4-9,16H,3,10-12H2,1-2H3. The molecule has 1 aromatic carbocycles. The Kier molecular flexibility index (Phi) is 5.72. The van der Waals surface area contributed by atoms with E-state index < -0.39 is 0 Å². The van der Waals surface area contributed by atoms with E-state index >= 15 is 0 Å². The van der Waals surface area contributed by atoms with E-state index in [1.807, 2.05) is 37.3 Å². The van der Waals surface area contributed by atoms with Gasteiger partial charge in [-0.25, -0.2) is 0 Å². The number of hydrogen-bond donors (Lipinski definition) is 0. The van der Waals surface area contributed by atoms with Crippen LogP contribution in [-0.2, 0) is 19.1 Å². The van der Waals surface area contributed by atoms with E-state index in [2.05, 4.69) is 0 Å². The van der Waals surface area contributed by atoms with Gasteiger partial charge in [-0.1, -0.05) is 24.3 Å². The zero-order valence-electron chi connectivity index (χ0n) is 13.0. The molecule has 0 aromatic heterocycles. The number of hydrogen-bond acceptors (Lipinski definition) is 4. The van der Waals surface area contributed by atoms with Gasteiger partial charge in [0.1, 0.15) is 6.61 Å². The zero-order chi connectivity index (χ0) is 15.9. The quantitative estimate of drug-likeness (QED) is 0.598. The summed E-state index contributed by atoms with van der Waals surface area (Å²) in [7, 11) is 0. The molecule has 0 aliphatic carbocycles. The van der Waals surface area contributed by atoms with Crippen LogP contribution in [0.1, 0.15) is 37.4 Å². The maximum absolute atomic E-state index is 12.0. The first kappa shape index (κ1) is 16.2. The molecule has 0 bridgehead atoms. The van der Waals surface area contributed by atoms with Gasteiger partial charge in [0, 0.05) is 19.7 Å². The predicted molar refractivity (Wildman–Crippen MR) is 82.8 cm³/mol. The molecule has 0 N–H and O–H groups in total. The van der Waals surface area contributed by atoms with Crippen molar-refractivity contribution in [1.29, 1.82) is 0 Å². The summed E-state index contributed by atoms with van der Waals surface area (Å²) in [6, 6.07) is 7.43. The summed E-state index contributed by atoms with van der Waals surface area (Å²) < 4.78 is 10.3. The number of ether oxygens (including phenoxy) is 2. The number of amides is 1. The van der Waals surface area contributed by atoms with Crippen LogP contribution in [0.4, 0.5) is 0 Å². The second kappa shape index (κ2) is 7.75. The van der Waals surface area contributed by atoms with E-state index in [1.165, 1.54) is 6.92 Å². The molecule has 1 aliphatic heterocycles. The van der Waals surface area contributed by atoms with Crippen molar-refractivity contribution in [2.75, 3.05) is 19.8 Å². The first-order chi connectivity index (χ1) is 10.6. The Balaban J connectivity index is 2.07. The van der Waals surface area contributed by atoms with Crippen molar-refractivity contribution in [3.8, 4) is 0 Å². The van der Waals surface area contributed by atoms with E-state index in [-0.39, 0.29) is 30.9 Å². The minimum absolute atomic E-state index is 0.0992. The first-order valence-corrected chi connectivity index (χ1v) is 7.43. The Morgan fingerprint density at radius 3 is 2.73 bits per heavy atom. The predicted octanol–water partition coefficient (Wildman–Crippen LogP) is 2.53. The van der Waals surface area contributed by atoms with Crippen LogP contribution in [0.2, 0.25) is 0 Å². The smallest absolute Gasteiger partial charge is 0.308 e. The fourth-order valence-electron chi connectivity index (χ4n) is 2.49. The number of esters is 1. The molecular weight excluding hydrogens is 282 g/mol. The average molecular weight is 303 g/mol.